The predicted octanol–water partition coefficient (Wildman–Crippen LogP) is 5.94. The van der Waals surface area contributed by atoms with Crippen molar-refractivity contribution >= 4 is 23.8 Å². The number of rotatable bonds is 20. The molecule has 0 aromatic heterocycles. The molecule has 0 saturated heterocycles. The quantitative estimate of drug-likeness (QED) is 0.0642. The molecule has 0 aromatic rings. The number of nitrogens with zero attached hydrogens (tertiary/aromatic N) is 2. The van der Waals surface area contributed by atoms with Crippen molar-refractivity contribution in [2.75, 3.05) is 39.3 Å². The number of fused-ring (bicyclic) bond motifs is 10. The number of aliphatic hydroxyl groups excluding tert-OH is 6. The summed E-state index contributed by atoms with van der Waals surface area (Å²) >= 11 is 0. The molecular formula is C58H97N3O12. The fourth-order valence-electron chi connectivity index (χ4n) is 19.6. The molecule has 8 aliphatic carbocycles. The Kier molecular flexibility index (Phi) is 17.5. The van der Waals surface area contributed by atoms with Crippen LogP contribution in [-0.2, 0) is 19.2 Å². The third-order valence-electron chi connectivity index (χ3n) is 23.6. The second-order valence-corrected chi connectivity index (χ2v) is 27.0. The van der Waals surface area contributed by atoms with Gasteiger partial charge < -0.3 is 51.1 Å². The largest absolute Gasteiger partial charge is 0.480 e. The Hall–Kier alpha value is -2.40. The van der Waals surface area contributed by atoms with E-state index < -0.39 is 54.9 Å². The zero-order valence-electron chi connectivity index (χ0n) is 45.4. The lowest BCUT2D eigenvalue weighted by Gasteiger charge is -2.63. The summed E-state index contributed by atoms with van der Waals surface area (Å²) in [4.78, 5) is 53.8. The summed E-state index contributed by atoms with van der Waals surface area (Å²) < 4.78 is 0. The van der Waals surface area contributed by atoms with Gasteiger partial charge >= 0.3 is 11.9 Å². The number of hydrogen-bond donors (Lipinski definition) is 9. The van der Waals surface area contributed by atoms with E-state index in [1.54, 1.807) is 4.90 Å². The van der Waals surface area contributed by atoms with Crippen LogP contribution >= 0.6 is 0 Å². The highest BCUT2D eigenvalue weighted by Crippen LogP contribution is 2.70. The van der Waals surface area contributed by atoms with Gasteiger partial charge in [0.05, 0.1) is 49.7 Å². The fourth-order valence-corrected chi connectivity index (χ4v) is 19.6. The van der Waals surface area contributed by atoms with E-state index in [-0.39, 0.29) is 124 Å². The topological polar surface area (TPSA) is 249 Å². The molecule has 12 unspecified atom stereocenters. The maximum atomic E-state index is 14.2. The van der Waals surface area contributed by atoms with E-state index in [9.17, 15) is 60.0 Å². The lowest BCUT2D eigenvalue weighted by atomic mass is 9.43. The zero-order chi connectivity index (χ0) is 52.9. The van der Waals surface area contributed by atoms with Crippen LogP contribution in [0.1, 0.15) is 170 Å². The fraction of sp³-hybridized carbons (Fsp3) is 0.931. The second-order valence-electron chi connectivity index (χ2n) is 27.0. The summed E-state index contributed by atoms with van der Waals surface area (Å²) in [6, 6.07) is 0. The van der Waals surface area contributed by atoms with Gasteiger partial charge in [0.25, 0.3) is 0 Å². The van der Waals surface area contributed by atoms with Crippen molar-refractivity contribution in [3.63, 3.8) is 0 Å². The van der Waals surface area contributed by atoms with Crippen molar-refractivity contribution in [1.82, 2.24) is 15.1 Å². The molecule has 0 aliphatic heterocycles. The Bertz CT molecular complexity index is 1940. The normalized spacial score (nSPS) is 44.6. The van der Waals surface area contributed by atoms with Crippen molar-refractivity contribution in [2.24, 2.45) is 92.7 Å². The molecule has 22 atom stereocenters. The van der Waals surface area contributed by atoms with E-state index in [2.05, 4.69) is 46.9 Å². The number of amides is 2. The molecule has 0 aromatic carbocycles. The Balaban J connectivity index is 0.841. The third kappa shape index (κ3) is 10.9. The van der Waals surface area contributed by atoms with E-state index in [0.717, 1.165) is 64.2 Å². The third-order valence-corrected chi connectivity index (χ3v) is 23.6. The minimum Gasteiger partial charge on any atom is -0.480 e. The number of carboxylic acids is 2. The summed E-state index contributed by atoms with van der Waals surface area (Å²) in [5.41, 5.74) is -0.740. The average Bonchev–Trinajstić information content (AvgIpc) is 3.87. The van der Waals surface area contributed by atoms with Gasteiger partial charge in [-0.05, 0) is 208 Å². The SMILES string of the molecule is CC(CCC(=O)NCCCN(CCCN(CC(=O)O)CC(=O)O)C(=O)CCC(C)C1CCC2C3C(C[C@H](O)[C@]12C)[C@@]1(C)CC[C@@H](O)CC1C[C@H]3O)C1CCC2C3C(C[C@H](O)[C@]12C)[C@@]1(C)CC[C@@H](O)CC1C[C@H]3O. The van der Waals surface area contributed by atoms with Crippen molar-refractivity contribution in [1.29, 1.82) is 0 Å². The van der Waals surface area contributed by atoms with Crippen LogP contribution in [0, 0.1) is 92.7 Å². The molecule has 0 bridgehead atoms. The lowest BCUT2D eigenvalue weighted by Crippen LogP contribution is -2.62. The molecule has 0 heterocycles. The van der Waals surface area contributed by atoms with E-state index in [0.29, 0.717) is 77.4 Å². The van der Waals surface area contributed by atoms with Gasteiger partial charge in [-0.3, -0.25) is 24.1 Å². The van der Waals surface area contributed by atoms with Crippen LogP contribution in [-0.4, -0.2) is 150 Å². The number of carbonyl (C=O) groups excluding carboxylic acids is 2. The molecule has 8 aliphatic rings. The molecule has 0 radical (unpaired) electrons. The van der Waals surface area contributed by atoms with Crippen molar-refractivity contribution in [3.05, 3.63) is 0 Å². The monoisotopic (exact) mass is 1030 g/mol. The highest BCUT2D eigenvalue weighted by molar-refractivity contribution is 5.76. The molecule has 2 amide bonds. The minimum absolute atomic E-state index is 0.0112. The van der Waals surface area contributed by atoms with Gasteiger partial charge in [0, 0.05) is 39.0 Å². The molecule has 9 N–H and O–H groups in total. The summed E-state index contributed by atoms with van der Waals surface area (Å²) in [5.74, 6) is -0.0731. The first kappa shape index (κ1) is 56.8. The van der Waals surface area contributed by atoms with E-state index in [4.69, 9.17) is 0 Å². The summed E-state index contributed by atoms with van der Waals surface area (Å²) in [6.45, 7) is 13.9. The van der Waals surface area contributed by atoms with Gasteiger partial charge in [0.1, 0.15) is 0 Å². The number of carbonyl (C=O) groups is 4. The maximum absolute atomic E-state index is 14.2. The minimum atomic E-state index is -1.12. The molecule has 416 valence electrons. The molecule has 8 fully saturated rings. The molecule has 8 rings (SSSR count). The van der Waals surface area contributed by atoms with E-state index in [1.807, 2.05) is 0 Å². The van der Waals surface area contributed by atoms with E-state index in [1.165, 1.54) is 4.90 Å². The molecule has 8 saturated carbocycles. The number of aliphatic carboxylic acids is 2. The molecule has 0 spiro atoms. The molecular weight excluding hydrogens is 931 g/mol. The maximum Gasteiger partial charge on any atom is 0.317 e. The van der Waals surface area contributed by atoms with Crippen LogP contribution in [0.25, 0.3) is 0 Å². The van der Waals surface area contributed by atoms with Crippen LogP contribution in [0.4, 0.5) is 0 Å². The van der Waals surface area contributed by atoms with Gasteiger partial charge in [-0.15, -0.1) is 0 Å². The molecule has 15 heteroatoms. The van der Waals surface area contributed by atoms with Crippen LogP contribution in [0.2, 0.25) is 0 Å². The van der Waals surface area contributed by atoms with Crippen molar-refractivity contribution < 1.29 is 60.0 Å². The molecule has 15 nitrogen and oxygen atoms in total. The number of aliphatic hydroxyl groups is 6. The Morgan fingerprint density at radius 1 is 0.562 bits per heavy atom. The van der Waals surface area contributed by atoms with Crippen molar-refractivity contribution in [2.45, 2.75) is 207 Å². The zero-order valence-corrected chi connectivity index (χ0v) is 45.4. The summed E-state index contributed by atoms with van der Waals surface area (Å²) in [5, 5.41) is 90.6. The van der Waals surface area contributed by atoms with Gasteiger partial charge in [0.15, 0.2) is 0 Å². The Morgan fingerprint density at radius 2 is 1.01 bits per heavy atom. The van der Waals surface area contributed by atoms with Crippen LogP contribution in [0.3, 0.4) is 0 Å². The van der Waals surface area contributed by atoms with Crippen molar-refractivity contribution in [3.8, 4) is 0 Å². The van der Waals surface area contributed by atoms with Crippen LogP contribution in [0.15, 0.2) is 0 Å². The van der Waals surface area contributed by atoms with E-state index >= 15 is 0 Å². The van der Waals surface area contributed by atoms with Crippen LogP contribution < -0.4 is 5.32 Å². The smallest absolute Gasteiger partial charge is 0.317 e. The first-order chi connectivity index (χ1) is 34.4. The van der Waals surface area contributed by atoms with Gasteiger partial charge in [-0.1, -0.05) is 41.5 Å². The van der Waals surface area contributed by atoms with Gasteiger partial charge in [-0.25, -0.2) is 0 Å². The Labute approximate surface area is 436 Å². The Morgan fingerprint density at radius 3 is 1.48 bits per heavy atom. The van der Waals surface area contributed by atoms with Gasteiger partial charge in [0.2, 0.25) is 11.8 Å². The standard InChI is InChI=1S/C58H97N3O12/c1-33(39-11-13-41-53-43(29-47(66)57(39,41)5)55(3)19-17-37(62)25-35(55)27-45(53)64)9-15-49(68)59-21-7-23-61(24-8-22-60(31-51(70)71)32-52(72)73)50(69)16-10-34(2)40-12-14-42-54-44(30-48(67)58(40,42)6)56(4)20-18-38(63)26-36(56)28-46(54)65/h33-48,53-54,62-67H,7-32H2,1-6H3,(H,59,68)(H,70,71)(H,72,73)/t33?,34?,35?,36?,37-,38-,39?,40?,41?,42?,43?,44?,45-,46-,47+,48+,53?,54?,55+,56+,57-,58-/m1/s1. The first-order valence-electron chi connectivity index (χ1n) is 29.2. The summed E-state index contributed by atoms with van der Waals surface area (Å²) in [7, 11) is 0. The van der Waals surface area contributed by atoms with Gasteiger partial charge in [-0.2, -0.15) is 0 Å². The molecule has 73 heavy (non-hydrogen) atoms. The summed E-state index contributed by atoms with van der Waals surface area (Å²) in [6.07, 6.45) is 11.6. The predicted molar refractivity (Wildman–Crippen MR) is 275 cm³/mol. The highest BCUT2D eigenvalue weighted by atomic mass is 16.4. The second kappa shape index (κ2) is 22.5. The van der Waals surface area contributed by atoms with Crippen LogP contribution in [0.5, 0.6) is 0 Å². The average molecular weight is 1030 g/mol. The number of nitrogens with one attached hydrogen (secondary N) is 1. The number of carboxylic acid groups (broad SMARTS) is 2. The lowest BCUT2D eigenvalue weighted by molar-refractivity contribution is -0.207. The highest BCUT2D eigenvalue weighted by Gasteiger charge is 2.67. The number of hydrogen-bond acceptors (Lipinski definition) is 11. The first-order valence-corrected chi connectivity index (χ1v) is 29.2.